The van der Waals surface area contributed by atoms with Crippen molar-refractivity contribution in [1.29, 1.82) is 0 Å². The molecule has 0 aromatic heterocycles. The second-order valence-electron chi connectivity index (χ2n) is 14.4. The second kappa shape index (κ2) is 12.8. The smallest absolute Gasteiger partial charge is 0.261 e. The summed E-state index contributed by atoms with van der Waals surface area (Å²) in [7, 11) is -0.716. The highest BCUT2D eigenvalue weighted by Crippen LogP contribution is 2.54. The summed E-state index contributed by atoms with van der Waals surface area (Å²) in [5.41, 5.74) is 0.945. The van der Waals surface area contributed by atoms with Crippen LogP contribution in [0.15, 0.2) is 69.8 Å². The molecule has 0 N–H and O–H groups in total. The Morgan fingerprint density at radius 3 is 2.02 bits per heavy atom. The largest absolute Gasteiger partial charge is 0.407 e. The van der Waals surface area contributed by atoms with E-state index in [1.807, 2.05) is 14.0 Å². The topological polar surface area (TPSA) is 35.5 Å². The van der Waals surface area contributed by atoms with E-state index in [9.17, 15) is 4.79 Å². The monoisotopic (exact) mass is 686 g/mol. The van der Waals surface area contributed by atoms with E-state index in [1.165, 1.54) is 33.2 Å². The van der Waals surface area contributed by atoms with Crippen LogP contribution in [-0.4, -0.2) is 33.9 Å². The van der Waals surface area contributed by atoms with E-state index >= 15 is 0 Å². The molecule has 0 amide bonds. The van der Waals surface area contributed by atoms with E-state index in [4.69, 9.17) is 9.16 Å². The number of rotatable bonds is 9. The molecular formula is C36H51IO3Si. The van der Waals surface area contributed by atoms with Gasteiger partial charge in [0.2, 0.25) is 0 Å². The fraction of sp³-hybridized carbons (Fsp3) is 0.583. The Bertz CT molecular complexity index is 1180. The van der Waals surface area contributed by atoms with E-state index in [2.05, 4.69) is 125 Å². The molecule has 2 aromatic carbocycles. The highest BCUT2D eigenvalue weighted by atomic mass is 127. The van der Waals surface area contributed by atoms with Crippen LogP contribution in [0.25, 0.3) is 0 Å². The van der Waals surface area contributed by atoms with Crippen molar-refractivity contribution in [2.45, 2.75) is 98.1 Å². The maximum Gasteiger partial charge on any atom is 0.261 e. The second-order valence-corrected chi connectivity index (χ2v) is 19.7. The average Bonchev–Trinajstić information content (AvgIpc) is 2.94. The van der Waals surface area contributed by atoms with Crippen molar-refractivity contribution in [3.8, 4) is 0 Å². The summed E-state index contributed by atoms with van der Waals surface area (Å²) in [4.78, 5) is 13.1. The minimum absolute atomic E-state index is 0.0367. The first-order chi connectivity index (χ1) is 19.3. The zero-order valence-corrected chi connectivity index (χ0v) is 29.7. The molecule has 0 heterocycles. The average molecular weight is 687 g/mol. The molecular weight excluding hydrogens is 635 g/mol. The van der Waals surface area contributed by atoms with Crippen molar-refractivity contribution >= 4 is 47.1 Å². The maximum atomic E-state index is 13.1. The van der Waals surface area contributed by atoms with Crippen molar-refractivity contribution in [2.75, 3.05) is 13.7 Å². The lowest BCUT2D eigenvalue weighted by atomic mass is 9.57. The number of methoxy groups -OCH3 is 1. The number of benzene rings is 2. The molecule has 0 spiro atoms. The molecule has 1 saturated carbocycles. The lowest BCUT2D eigenvalue weighted by molar-refractivity contribution is -0.126. The van der Waals surface area contributed by atoms with Crippen molar-refractivity contribution in [3.05, 3.63) is 69.8 Å². The Labute approximate surface area is 264 Å². The van der Waals surface area contributed by atoms with Crippen LogP contribution in [0.3, 0.4) is 0 Å². The molecule has 2 aliphatic carbocycles. The minimum atomic E-state index is -2.59. The molecule has 0 saturated heterocycles. The molecule has 41 heavy (non-hydrogen) atoms. The Morgan fingerprint density at radius 1 is 0.951 bits per heavy atom. The number of hydrogen-bond donors (Lipinski definition) is 0. The first-order valence-corrected chi connectivity index (χ1v) is 18.5. The molecule has 224 valence electrons. The van der Waals surface area contributed by atoms with Crippen LogP contribution >= 0.6 is 22.6 Å². The molecule has 3 nitrogen and oxygen atoms in total. The Hall–Kier alpha value is -1.28. The van der Waals surface area contributed by atoms with Gasteiger partial charge in [-0.3, -0.25) is 4.79 Å². The Morgan fingerprint density at radius 2 is 1.51 bits per heavy atom. The number of ether oxygens (including phenoxy) is 1. The van der Waals surface area contributed by atoms with Gasteiger partial charge in [0.15, 0.2) is 5.78 Å². The summed E-state index contributed by atoms with van der Waals surface area (Å²) in [6.45, 7) is 16.9. The number of hydrogen-bond acceptors (Lipinski definition) is 3. The molecule has 2 aromatic rings. The van der Waals surface area contributed by atoms with Gasteiger partial charge >= 0.3 is 0 Å². The molecule has 0 unspecified atom stereocenters. The summed E-state index contributed by atoms with van der Waals surface area (Å²) in [5, 5.41) is 2.63. The predicted molar refractivity (Wildman–Crippen MR) is 183 cm³/mol. The highest BCUT2D eigenvalue weighted by molar-refractivity contribution is 14.1. The van der Waals surface area contributed by atoms with Gasteiger partial charge in [-0.1, -0.05) is 115 Å². The van der Waals surface area contributed by atoms with Gasteiger partial charge in [-0.15, -0.1) is 0 Å². The summed E-state index contributed by atoms with van der Waals surface area (Å²) in [6, 6.07) is 21.9. The van der Waals surface area contributed by atoms with Gasteiger partial charge in [-0.05, 0) is 75.5 Å². The third-order valence-electron chi connectivity index (χ3n) is 10.5. The number of carbonyl (C=O) groups is 1. The lowest BCUT2D eigenvalue weighted by Gasteiger charge is -2.51. The van der Waals surface area contributed by atoms with Gasteiger partial charge in [0.05, 0.1) is 6.10 Å². The zero-order valence-electron chi connectivity index (χ0n) is 26.6. The highest BCUT2D eigenvalue weighted by Gasteiger charge is 2.53. The zero-order chi connectivity index (χ0) is 30.1. The van der Waals surface area contributed by atoms with E-state index in [1.54, 1.807) is 0 Å². The third kappa shape index (κ3) is 6.20. The van der Waals surface area contributed by atoms with E-state index in [0.717, 1.165) is 25.0 Å². The standard InChI is InChI=1S/C36H51IO3Si/c1-26-31(38)25-30(35(5,6)33(26)37)32(39-8)29-21-15-16-22-36(29,7)23-24-40-41(34(2,3)4,27-17-11-9-12-18-27)28-19-13-10-14-20-28/h9-14,17-20,29-30,32H,15-16,21-25H2,1-8H3/t29-,30-,32-,36-/m0/s1. The molecule has 1 fully saturated rings. The van der Waals surface area contributed by atoms with Gasteiger partial charge in [0.1, 0.15) is 0 Å². The van der Waals surface area contributed by atoms with Crippen LogP contribution in [0.2, 0.25) is 5.04 Å². The fourth-order valence-corrected chi connectivity index (χ4v) is 13.3. The number of halogens is 1. The summed E-state index contributed by atoms with van der Waals surface area (Å²) < 4.78 is 15.0. The van der Waals surface area contributed by atoms with Crippen LogP contribution < -0.4 is 10.4 Å². The first-order valence-electron chi connectivity index (χ1n) is 15.5. The first kappa shape index (κ1) is 32.6. The third-order valence-corrected chi connectivity index (χ3v) is 17.8. The summed E-state index contributed by atoms with van der Waals surface area (Å²) in [5.74, 6) is 0.854. The molecule has 0 bridgehead atoms. The molecule has 0 radical (unpaired) electrons. The van der Waals surface area contributed by atoms with Gasteiger partial charge in [0.25, 0.3) is 8.32 Å². The van der Waals surface area contributed by atoms with Crippen LogP contribution in [0.1, 0.15) is 87.0 Å². The van der Waals surface area contributed by atoms with Gasteiger partial charge in [0, 0.05) is 40.6 Å². The molecule has 5 heteroatoms. The maximum absolute atomic E-state index is 13.1. The molecule has 4 rings (SSSR count). The molecule has 0 aliphatic heterocycles. The van der Waals surface area contributed by atoms with E-state index in [-0.39, 0.29) is 33.7 Å². The van der Waals surface area contributed by atoms with Crippen molar-refractivity contribution in [2.24, 2.45) is 22.7 Å². The minimum Gasteiger partial charge on any atom is -0.407 e. The normalized spacial score (nSPS) is 26.2. The van der Waals surface area contributed by atoms with Crippen molar-refractivity contribution < 1.29 is 14.0 Å². The number of Topliss-reactive ketones (excluding diaryl/α,β-unsaturated/α-hetero) is 1. The number of ketones is 1. The van der Waals surface area contributed by atoms with Gasteiger partial charge < -0.3 is 9.16 Å². The van der Waals surface area contributed by atoms with Gasteiger partial charge in [-0.25, -0.2) is 0 Å². The fourth-order valence-electron chi connectivity index (χ4n) is 8.01. The van der Waals surface area contributed by atoms with Crippen LogP contribution in [0.5, 0.6) is 0 Å². The SMILES string of the molecule is CO[C@H]([C@@H]1CC(=O)C(C)=C(I)C1(C)C)[C@@H]1CCCC[C@@]1(C)CCO[Si](c1ccccc1)(c1ccccc1)C(C)(C)C. The van der Waals surface area contributed by atoms with Crippen molar-refractivity contribution in [3.63, 3.8) is 0 Å². The Kier molecular flexibility index (Phi) is 10.1. The molecule has 2 aliphatic rings. The molecule has 4 atom stereocenters. The summed E-state index contributed by atoms with van der Waals surface area (Å²) >= 11 is 2.42. The van der Waals surface area contributed by atoms with Crippen molar-refractivity contribution in [1.82, 2.24) is 0 Å². The lowest BCUT2D eigenvalue weighted by Crippen LogP contribution is -2.66. The van der Waals surface area contributed by atoms with Crippen LogP contribution in [0.4, 0.5) is 0 Å². The predicted octanol–water partition coefficient (Wildman–Crippen LogP) is 8.49. The van der Waals surface area contributed by atoms with E-state index in [0.29, 0.717) is 12.3 Å². The number of allylic oxidation sites excluding steroid dienone is 2. The van der Waals surface area contributed by atoms with Gasteiger partial charge in [-0.2, -0.15) is 0 Å². The Balaban J connectivity index is 1.65. The summed E-state index contributed by atoms with van der Waals surface area (Å²) in [6.07, 6.45) is 6.41. The van der Waals surface area contributed by atoms with Crippen LogP contribution in [-0.2, 0) is 14.0 Å². The van der Waals surface area contributed by atoms with E-state index < -0.39 is 8.32 Å². The number of carbonyl (C=O) groups excluding carboxylic acids is 1. The quantitative estimate of drug-likeness (QED) is 0.196. The van der Waals surface area contributed by atoms with Crippen LogP contribution in [0, 0.1) is 22.7 Å².